The molecule has 0 spiro atoms. The Hall–Kier alpha value is -3.32. The van der Waals surface area contributed by atoms with Gasteiger partial charge in [-0.1, -0.05) is 62.4 Å². The van der Waals surface area contributed by atoms with Crippen LogP contribution in [0.25, 0.3) is 0 Å². The quantitative estimate of drug-likeness (QED) is 0.294. The first-order valence-electron chi connectivity index (χ1n) is 12.6. The van der Waals surface area contributed by atoms with Gasteiger partial charge in [0.25, 0.3) is 5.91 Å². The molecule has 3 aromatic rings. The van der Waals surface area contributed by atoms with Gasteiger partial charge in [0.1, 0.15) is 17.5 Å². The normalized spacial score (nSPS) is 11.5. The average Bonchev–Trinajstić information content (AvgIpc) is 2.93. The maximum absolute atomic E-state index is 13.7. The second-order valence-electron chi connectivity index (χ2n) is 8.78. The highest BCUT2D eigenvalue weighted by Crippen LogP contribution is 2.26. The number of halogens is 1. The molecule has 2 amide bonds. The number of hydrogen-bond acceptors (Lipinski definition) is 4. The van der Waals surface area contributed by atoms with Crippen molar-refractivity contribution in [2.24, 2.45) is 0 Å². The molecule has 1 atom stereocenters. The third kappa shape index (κ3) is 8.35. The van der Waals surface area contributed by atoms with Gasteiger partial charge in [0.05, 0.1) is 11.6 Å². The van der Waals surface area contributed by atoms with Crippen molar-refractivity contribution in [1.29, 1.82) is 0 Å². The number of nitrogens with zero attached hydrogens (tertiary/aromatic N) is 1. The van der Waals surface area contributed by atoms with Crippen molar-refractivity contribution in [3.05, 3.63) is 94.0 Å². The first-order valence-corrected chi connectivity index (χ1v) is 13.4. The van der Waals surface area contributed by atoms with Crippen molar-refractivity contribution in [1.82, 2.24) is 10.2 Å². The van der Waals surface area contributed by atoms with E-state index in [1.54, 1.807) is 12.0 Å². The van der Waals surface area contributed by atoms with E-state index in [1.807, 2.05) is 79.7 Å². The Bertz CT molecular complexity index is 1170. The first kappa shape index (κ1) is 28.3. The van der Waals surface area contributed by atoms with Crippen molar-refractivity contribution < 1.29 is 19.1 Å². The molecule has 0 aliphatic rings. The Kier molecular flexibility index (Phi) is 11.0. The van der Waals surface area contributed by atoms with Crippen LogP contribution in [0.15, 0.2) is 77.3 Å². The summed E-state index contributed by atoms with van der Waals surface area (Å²) in [5.74, 6) is 0.815. The minimum absolute atomic E-state index is 0.185. The molecule has 0 bridgehead atoms. The number of benzene rings is 3. The van der Waals surface area contributed by atoms with Crippen LogP contribution in [-0.4, -0.2) is 43.0 Å². The van der Waals surface area contributed by atoms with Gasteiger partial charge in [-0.2, -0.15) is 0 Å². The fourth-order valence-corrected chi connectivity index (χ4v) is 4.53. The molecule has 7 heteroatoms. The SMILES string of the molecule is CCCNC(=O)C(Cc1ccccc1)N(Cc1cccc(OC)c1)C(=O)COc1ccc(CC)cc1Br. The molecule has 196 valence electrons. The van der Waals surface area contributed by atoms with E-state index in [-0.39, 0.29) is 25.0 Å². The number of aryl methyl sites for hydroxylation is 1. The number of carbonyl (C=O) groups is 2. The van der Waals surface area contributed by atoms with E-state index in [9.17, 15) is 9.59 Å². The summed E-state index contributed by atoms with van der Waals surface area (Å²) in [5.41, 5.74) is 3.00. The zero-order valence-corrected chi connectivity index (χ0v) is 23.3. The topological polar surface area (TPSA) is 67.9 Å². The van der Waals surface area contributed by atoms with E-state index in [0.717, 1.165) is 28.4 Å². The summed E-state index contributed by atoms with van der Waals surface area (Å²) in [5, 5.41) is 2.99. The Balaban J connectivity index is 1.91. The van der Waals surface area contributed by atoms with Crippen LogP contribution in [0.4, 0.5) is 0 Å². The maximum atomic E-state index is 13.7. The van der Waals surface area contributed by atoms with Crippen LogP contribution >= 0.6 is 15.9 Å². The molecule has 0 heterocycles. The van der Waals surface area contributed by atoms with Crippen molar-refractivity contribution in [2.75, 3.05) is 20.3 Å². The lowest BCUT2D eigenvalue weighted by atomic mass is 10.0. The number of rotatable bonds is 13. The number of amides is 2. The zero-order chi connectivity index (χ0) is 26.6. The van der Waals surface area contributed by atoms with Gasteiger partial charge >= 0.3 is 0 Å². The molecule has 0 aliphatic heterocycles. The molecule has 3 aromatic carbocycles. The second kappa shape index (κ2) is 14.4. The summed E-state index contributed by atoms with van der Waals surface area (Å²) in [4.78, 5) is 28.7. The van der Waals surface area contributed by atoms with Gasteiger partial charge in [-0.25, -0.2) is 0 Å². The van der Waals surface area contributed by atoms with E-state index in [4.69, 9.17) is 9.47 Å². The standard InChI is InChI=1S/C30H35BrN2O4/c1-4-16-32-30(35)27(19-23-10-7-6-8-11-23)33(20-24-12-9-13-25(17-24)36-3)29(34)21-37-28-15-14-22(5-2)18-26(28)31/h6-15,17-18,27H,4-5,16,19-21H2,1-3H3,(H,32,35). The molecule has 0 aromatic heterocycles. The highest BCUT2D eigenvalue weighted by molar-refractivity contribution is 9.10. The van der Waals surface area contributed by atoms with E-state index < -0.39 is 6.04 Å². The number of ether oxygens (including phenoxy) is 2. The molecule has 0 radical (unpaired) electrons. The smallest absolute Gasteiger partial charge is 0.261 e. The molecule has 0 fully saturated rings. The van der Waals surface area contributed by atoms with Gasteiger partial charge in [0.15, 0.2) is 6.61 Å². The van der Waals surface area contributed by atoms with Gasteiger partial charge < -0.3 is 19.7 Å². The summed E-state index contributed by atoms with van der Waals surface area (Å²) < 4.78 is 12.1. The molecule has 0 aliphatic carbocycles. The van der Waals surface area contributed by atoms with Crippen LogP contribution in [-0.2, 0) is 29.0 Å². The van der Waals surface area contributed by atoms with E-state index in [2.05, 4.69) is 28.2 Å². The maximum Gasteiger partial charge on any atom is 0.261 e. The Morgan fingerprint density at radius 1 is 0.946 bits per heavy atom. The first-order chi connectivity index (χ1) is 17.9. The number of carbonyl (C=O) groups excluding carboxylic acids is 2. The second-order valence-corrected chi connectivity index (χ2v) is 9.63. The van der Waals surface area contributed by atoms with Crippen molar-refractivity contribution >= 4 is 27.7 Å². The van der Waals surface area contributed by atoms with Crippen LogP contribution in [0.5, 0.6) is 11.5 Å². The lowest BCUT2D eigenvalue weighted by Gasteiger charge is -2.31. The zero-order valence-electron chi connectivity index (χ0n) is 21.7. The van der Waals surface area contributed by atoms with Crippen molar-refractivity contribution in [3.63, 3.8) is 0 Å². The fraction of sp³-hybridized carbons (Fsp3) is 0.333. The largest absolute Gasteiger partial charge is 0.497 e. The van der Waals surface area contributed by atoms with Crippen LogP contribution in [0.2, 0.25) is 0 Å². The minimum atomic E-state index is -0.706. The van der Waals surface area contributed by atoms with Gasteiger partial charge in [0.2, 0.25) is 5.91 Å². The predicted octanol–water partition coefficient (Wildman–Crippen LogP) is 5.57. The van der Waals surface area contributed by atoms with Gasteiger partial charge in [-0.05, 0) is 69.7 Å². The third-order valence-corrected chi connectivity index (χ3v) is 6.68. The summed E-state index contributed by atoms with van der Waals surface area (Å²) in [6, 6.07) is 22.4. The van der Waals surface area contributed by atoms with Gasteiger partial charge in [-0.3, -0.25) is 9.59 Å². The third-order valence-electron chi connectivity index (χ3n) is 6.06. The molecule has 3 rings (SSSR count). The lowest BCUT2D eigenvalue weighted by Crippen LogP contribution is -2.51. The van der Waals surface area contributed by atoms with E-state index in [0.29, 0.717) is 24.5 Å². The Morgan fingerprint density at radius 3 is 2.38 bits per heavy atom. The molecule has 6 nitrogen and oxygen atoms in total. The summed E-state index contributed by atoms with van der Waals surface area (Å²) in [6.45, 7) is 4.67. The van der Waals surface area contributed by atoms with Crippen LogP contribution in [0.1, 0.15) is 37.0 Å². The monoisotopic (exact) mass is 566 g/mol. The fourth-order valence-electron chi connectivity index (χ4n) is 3.99. The summed E-state index contributed by atoms with van der Waals surface area (Å²) >= 11 is 3.54. The summed E-state index contributed by atoms with van der Waals surface area (Å²) in [7, 11) is 1.61. The minimum Gasteiger partial charge on any atom is -0.497 e. The van der Waals surface area contributed by atoms with E-state index >= 15 is 0 Å². The Labute approximate surface area is 228 Å². The molecule has 37 heavy (non-hydrogen) atoms. The predicted molar refractivity (Wildman–Crippen MR) is 150 cm³/mol. The molecular weight excluding hydrogens is 532 g/mol. The van der Waals surface area contributed by atoms with Crippen molar-refractivity contribution in [2.45, 2.75) is 45.7 Å². The average molecular weight is 568 g/mol. The molecule has 1 N–H and O–H groups in total. The lowest BCUT2D eigenvalue weighted by molar-refractivity contribution is -0.142. The van der Waals surface area contributed by atoms with Crippen molar-refractivity contribution in [3.8, 4) is 11.5 Å². The number of hydrogen-bond donors (Lipinski definition) is 1. The molecule has 0 saturated heterocycles. The van der Waals surface area contributed by atoms with E-state index in [1.165, 1.54) is 5.56 Å². The van der Waals surface area contributed by atoms with Gasteiger partial charge in [-0.15, -0.1) is 0 Å². The molecule has 0 saturated carbocycles. The number of methoxy groups -OCH3 is 1. The van der Waals surface area contributed by atoms with Crippen LogP contribution in [0, 0.1) is 0 Å². The highest BCUT2D eigenvalue weighted by atomic mass is 79.9. The highest BCUT2D eigenvalue weighted by Gasteiger charge is 2.30. The summed E-state index contributed by atoms with van der Waals surface area (Å²) in [6.07, 6.45) is 2.10. The van der Waals surface area contributed by atoms with Gasteiger partial charge in [0, 0.05) is 19.5 Å². The van der Waals surface area contributed by atoms with Crippen LogP contribution in [0.3, 0.4) is 0 Å². The van der Waals surface area contributed by atoms with Crippen LogP contribution < -0.4 is 14.8 Å². The Morgan fingerprint density at radius 2 is 1.70 bits per heavy atom. The molecule has 1 unspecified atom stereocenters. The number of nitrogens with one attached hydrogen (secondary N) is 1. The molecular formula is C30H35BrN2O4.